The highest BCUT2D eigenvalue weighted by Gasteiger charge is 2.02. The Hall–Kier alpha value is -0.930. The van der Waals surface area contributed by atoms with Crippen molar-refractivity contribution in [2.24, 2.45) is 0 Å². The van der Waals surface area contributed by atoms with Crippen molar-refractivity contribution >= 4 is 29.2 Å². The van der Waals surface area contributed by atoms with Gasteiger partial charge in [-0.1, -0.05) is 23.2 Å². The van der Waals surface area contributed by atoms with Crippen molar-refractivity contribution in [3.63, 3.8) is 0 Å². The molecule has 0 radical (unpaired) electrons. The third-order valence-corrected chi connectivity index (χ3v) is 2.73. The van der Waals surface area contributed by atoms with Crippen LogP contribution < -0.4 is 4.74 Å². The van der Waals surface area contributed by atoms with E-state index in [0.29, 0.717) is 28.8 Å². The summed E-state index contributed by atoms with van der Waals surface area (Å²) in [6, 6.07) is 5.05. The number of hydrogen-bond donors (Lipinski definition) is 1. The Morgan fingerprint density at radius 3 is 2.71 bits per heavy atom. The van der Waals surface area contributed by atoms with Gasteiger partial charge >= 0.3 is 5.97 Å². The summed E-state index contributed by atoms with van der Waals surface area (Å²) in [5, 5.41) is 9.56. The van der Waals surface area contributed by atoms with Gasteiger partial charge in [0.2, 0.25) is 0 Å². The molecule has 0 saturated carbocycles. The normalized spacial score (nSPS) is 10.2. The lowest BCUT2D eigenvalue weighted by Gasteiger charge is -2.07. The fourth-order valence-electron chi connectivity index (χ4n) is 1.32. The predicted octanol–water partition coefficient (Wildman–Crippen LogP) is 4.02. The average molecular weight is 277 g/mol. The highest BCUT2D eigenvalue weighted by atomic mass is 35.5. The summed E-state index contributed by atoms with van der Waals surface area (Å²) in [6.07, 6.45) is 2.50. The van der Waals surface area contributed by atoms with E-state index in [1.54, 1.807) is 18.2 Å². The number of unbranched alkanes of at least 4 members (excludes halogenated alkanes) is 2. The van der Waals surface area contributed by atoms with E-state index in [4.69, 9.17) is 33.0 Å². The molecule has 94 valence electrons. The molecule has 1 N–H and O–H groups in total. The van der Waals surface area contributed by atoms with Crippen molar-refractivity contribution in [3.05, 3.63) is 28.2 Å². The van der Waals surface area contributed by atoms with Crippen LogP contribution in [0.15, 0.2) is 18.2 Å². The molecule has 0 saturated heterocycles. The van der Waals surface area contributed by atoms with Gasteiger partial charge in [-0.15, -0.1) is 0 Å². The minimum atomic E-state index is -0.760. The summed E-state index contributed by atoms with van der Waals surface area (Å²) in [6.45, 7) is 0.514. The summed E-state index contributed by atoms with van der Waals surface area (Å²) >= 11 is 11.7. The largest absolute Gasteiger partial charge is 0.492 e. The first-order chi connectivity index (χ1) is 8.09. The van der Waals surface area contributed by atoms with Crippen molar-refractivity contribution in [1.82, 2.24) is 0 Å². The Morgan fingerprint density at radius 1 is 1.24 bits per heavy atom. The smallest absolute Gasteiger partial charge is 0.303 e. The number of carbonyl (C=O) groups is 1. The summed E-state index contributed by atoms with van der Waals surface area (Å²) in [7, 11) is 0. The number of aliphatic carboxylic acids is 1. The molecule has 0 heterocycles. The van der Waals surface area contributed by atoms with Gasteiger partial charge in [0.05, 0.1) is 11.6 Å². The first kappa shape index (κ1) is 14.1. The molecular weight excluding hydrogens is 263 g/mol. The number of hydrogen-bond acceptors (Lipinski definition) is 2. The molecule has 0 fully saturated rings. The van der Waals surface area contributed by atoms with Gasteiger partial charge in [0.25, 0.3) is 0 Å². The van der Waals surface area contributed by atoms with E-state index in [-0.39, 0.29) is 6.42 Å². The Labute approximate surface area is 110 Å². The zero-order chi connectivity index (χ0) is 12.7. The van der Waals surface area contributed by atoms with Crippen LogP contribution >= 0.6 is 23.2 Å². The van der Waals surface area contributed by atoms with Crippen LogP contribution in [0.5, 0.6) is 5.75 Å². The van der Waals surface area contributed by atoms with Gasteiger partial charge in [-0.25, -0.2) is 0 Å². The van der Waals surface area contributed by atoms with Crippen molar-refractivity contribution in [2.45, 2.75) is 25.7 Å². The Kier molecular flexibility index (Phi) is 6.16. The fourth-order valence-corrected chi connectivity index (χ4v) is 1.66. The van der Waals surface area contributed by atoms with Gasteiger partial charge in [-0.3, -0.25) is 4.79 Å². The second kappa shape index (κ2) is 7.41. The lowest BCUT2D eigenvalue weighted by Crippen LogP contribution is -1.99. The summed E-state index contributed by atoms with van der Waals surface area (Å²) in [4.78, 5) is 10.3. The molecule has 3 nitrogen and oxygen atoms in total. The second-order valence-corrected chi connectivity index (χ2v) is 4.47. The molecule has 0 aliphatic carbocycles. The van der Waals surface area contributed by atoms with E-state index in [2.05, 4.69) is 0 Å². The summed E-state index contributed by atoms with van der Waals surface area (Å²) in [5.41, 5.74) is 0. The molecule has 1 rings (SSSR count). The van der Waals surface area contributed by atoms with E-state index in [1.165, 1.54) is 0 Å². The second-order valence-electron chi connectivity index (χ2n) is 3.63. The highest BCUT2D eigenvalue weighted by Crippen LogP contribution is 2.27. The number of halogens is 2. The van der Waals surface area contributed by atoms with Gasteiger partial charge in [0.15, 0.2) is 0 Å². The van der Waals surface area contributed by atoms with Crippen LogP contribution in [-0.2, 0) is 4.79 Å². The molecule has 0 aromatic heterocycles. The summed E-state index contributed by atoms with van der Waals surface area (Å²) < 4.78 is 5.46. The Morgan fingerprint density at radius 2 is 2.00 bits per heavy atom. The molecule has 0 atom stereocenters. The van der Waals surface area contributed by atoms with E-state index < -0.39 is 5.97 Å². The van der Waals surface area contributed by atoms with Crippen LogP contribution in [0.3, 0.4) is 0 Å². The van der Waals surface area contributed by atoms with Crippen molar-refractivity contribution in [1.29, 1.82) is 0 Å². The molecular formula is C12H14Cl2O3. The molecule has 0 spiro atoms. The van der Waals surface area contributed by atoms with E-state index in [1.807, 2.05) is 0 Å². The number of ether oxygens (including phenoxy) is 1. The van der Waals surface area contributed by atoms with Gasteiger partial charge in [0.1, 0.15) is 5.75 Å². The maximum absolute atomic E-state index is 10.3. The molecule has 1 aromatic rings. The van der Waals surface area contributed by atoms with Crippen LogP contribution in [0.1, 0.15) is 25.7 Å². The summed E-state index contributed by atoms with van der Waals surface area (Å²) in [5.74, 6) is -0.193. The molecule has 0 amide bonds. The number of benzene rings is 1. The monoisotopic (exact) mass is 276 g/mol. The van der Waals surface area contributed by atoms with E-state index in [9.17, 15) is 4.79 Å². The molecule has 0 bridgehead atoms. The number of rotatable bonds is 7. The Bertz CT molecular complexity index is 380. The zero-order valence-corrected chi connectivity index (χ0v) is 10.8. The van der Waals surface area contributed by atoms with Crippen LogP contribution in [0, 0.1) is 0 Å². The molecule has 0 aliphatic rings. The van der Waals surface area contributed by atoms with Crippen molar-refractivity contribution < 1.29 is 14.6 Å². The molecule has 0 unspecified atom stereocenters. The quantitative estimate of drug-likeness (QED) is 0.766. The van der Waals surface area contributed by atoms with Crippen LogP contribution in [0.2, 0.25) is 10.0 Å². The van der Waals surface area contributed by atoms with Crippen LogP contribution in [0.4, 0.5) is 0 Å². The van der Waals surface area contributed by atoms with Crippen molar-refractivity contribution in [2.75, 3.05) is 6.61 Å². The van der Waals surface area contributed by atoms with Crippen LogP contribution in [0.25, 0.3) is 0 Å². The van der Waals surface area contributed by atoms with Gasteiger partial charge in [0, 0.05) is 17.5 Å². The topological polar surface area (TPSA) is 46.5 Å². The SMILES string of the molecule is O=C(O)CCCCCOc1cc(Cl)ccc1Cl. The Balaban J connectivity index is 2.22. The fraction of sp³-hybridized carbons (Fsp3) is 0.417. The first-order valence-corrected chi connectivity index (χ1v) is 6.15. The van der Waals surface area contributed by atoms with E-state index >= 15 is 0 Å². The highest BCUT2D eigenvalue weighted by molar-refractivity contribution is 6.34. The zero-order valence-electron chi connectivity index (χ0n) is 9.29. The van der Waals surface area contributed by atoms with Crippen molar-refractivity contribution in [3.8, 4) is 5.75 Å². The maximum atomic E-state index is 10.3. The third-order valence-electron chi connectivity index (χ3n) is 2.19. The lowest BCUT2D eigenvalue weighted by molar-refractivity contribution is -0.137. The predicted molar refractivity (Wildman–Crippen MR) is 68.1 cm³/mol. The van der Waals surface area contributed by atoms with Gasteiger partial charge in [-0.2, -0.15) is 0 Å². The molecule has 17 heavy (non-hydrogen) atoms. The number of carboxylic acid groups (broad SMARTS) is 1. The number of carboxylic acids is 1. The average Bonchev–Trinajstić information content (AvgIpc) is 2.27. The molecule has 5 heteroatoms. The van der Waals surface area contributed by atoms with Gasteiger partial charge < -0.3 is 9.84 Å². The third kappa shape index (κ3) is 5.80. The van der Waals surface area contributed by atoms with Gasteiger partial charge in [-0.05, 0) is 31.4 Å². The lowest BCUT2D eigenvalue weighted by atomic mass is 10.2. The molecule has 1 aromatic carbocycles. The minimum absolute atomic E-state index is 0.206. The standard InChI is InChI=1S/C12H14Cl2O3/c13-9-5-6-10(14)11(8-9)17-7-3-1-2-4-12(15)16/h5-6,8H,1-4,7H2,(H,15,16). The molecule has 0 aliphatic heterocycles. The maximum Gasteiger partial charge on any atom is 0.303 e. The van der Waals surface area contributed by atoms with E-state index in [0.717, 1.165) is 12.8 Å². The first-order valence-electron chi connectivity index (χ1n) is 5.39. The minimum Gasteiger partial charge on any atom is -0.492 e. The van der Waals surface area contributed by atoms with Crippen LogP contribution in [-0.4, -0.2) is 17.7 Å².